The van der Waals surface area contributed by atoms with Gasteiger partial charge in [0, 0.05) is 20.2 Å². The molecule has 2 saturated heterocycles. The SMILES string of the molecule is COCON1C(=O)C(c2ccc(C)cc2C)C(=O)C12CCN(OC)CC2. The molecule has 1 unspecified atom stereocenters. The third-order valence-electron chi connectivity index (χ3n) is 5.40. The normalized spacial score (nSPS) is 23.2. The summed E-state index contributed by atoms with van der Waals surface area (Å²) in [4.78, 5) is 37.5. The average Bonchev–Trinajstić information content (AvgIpc) is 2.82. The highest BCUT2D eigenvalue weighted by atomic mass is 16.8. The standard InChI is InChI=1S/C19H26N2O5/c1-13-5-6-15(14(2)11-13)16-17(22)19(7-9-20(25-4)10-8-19)21(18(16)23)26-12-24-3/h5-6,11,16H,7-10,12H2,1-4H3. The maximum Gasteiger partial charge on any atom is 0.262 e. The van der Waals surface area contributed by atoms with Crippen molar-refractivity contribution in [2.24, 2.45) is 0 Å². The molecule has 1 spiro atoms. The van der Waals surface area contributed by atoms with E-state index < -0.39 is 11.5 Å². The number of benzene rings is 1. The van der Waals surface area contributed by atoms with E-state index in [1.54, 1.807) is 12.2 Å². The number of aryl methyl sites for hydroxylation is 2. The van der Waals surface area contributed by atoms with E-state index in [1.807, 2.05) is 32.0 Å². The highest BCUT2D eigenvalue weighted by Crippen LogP contribution is 2.44. The van der Waals surface area contributed by atoms with Crippen molar-refractivity contribution in [1.29, 1.82) is 0 Å². The lowest BCUT2D eigenvalue weighted by Gasteiger charge is -2.41. The quantitative estimate of drug-likeness (QED) is 0.587. The summed E-state index contributed by atoms with van der Waals surface area (Å²) in [6.07, 6.45) is 0.938. The van der Waals surface area contributed by atoms with Crippen LogP contribution in [-0.4, -0.2) is 61.5 Å². The van der Waals surface area contributed by atoms with Crippen molar-refractivity contribution < 1.29 is 24.0 Å². The Morgan fingerprint density at radius 2 is 1.85 bits per heavy atom. The second-order valence-electron chi connectivity index (χ2n) is 6.97. The fourth-order valence-corrected chi connectivity index (χ4v) is 4.01. The molecule has 2 aliphatic rings. The van der Waals surface area contributed by atoms with Gasteiger partial charge in [0.25, 0.3) is 5.91 Å². The van der Waals surface area contributed by atoms with E-state index in [0.29, 0.717) is 25.9 Å². The number of nitrogens with zero attached hydrogens (tertiary/aromatic N) is 2. The van der Waals surface area contributed by atoms with Gasteiger partial charge in [0.2, 0.25) is 0 Å². The van der Waals surface area contributed by atoms with E-state index in [9.17, 15) is 9.59 Å². The molecule has 1 aromatic carbocycles. The van der Waals surface area contributed by atoms with E-state index in [1.165, 1.54) is 12.2 Å². The van der Waals surface area contributed by atoms with Crippen molar-refractivity contribution in [2.75, 3.05) is 34.1 Å². The number of methoxy groups -OCH3 is 1. The number of amides is 1. The molecule has 2 aliphatic heterocycles. The van der Waals surface area contributed by atoms with Crippen LogP contribution in [0.5, 0.6) is 0 Å². The molecule has 7 nitrogen and oxygen atoms in total. The van der Waals surface area contributed by atoms with Crippen molar-refractivity contribution in [2.45, 2.75) is 38.1 Å². The molecule has 1 amide bonds. The Morgan fingerprint density at radius 3 is 2.42 bits per heavy atom. The van der Waals surface area contributed by atoms with Gasteiger partial charge in [0.05, 0.1) is 7.11 Å². The van der Waals surface area contributed by atoms with Gasteiger partial charge in [-0.1, -0.05) is 23.8 Å². The van der Waals surface area contributed by atoms with E-state index >= 15 is 0 Å². The van der Waals surface area contributed by atoms with Gasteiger partial charge in [0.1, 0.15) is 11.5 Å². The fraction of sp³-hybridized carbons (Fsp3) is 0.579. The lowest BCUT2D eigenvalue weighted by Crippen LogP contribution is -2.56. The molecule has 0 aliphatic carbocycles. The number of hydrogen-bond donors (Lipinski definition) is 0. The molecule has 0 saturated carbocycles. The summed E-state index contributed by atoms with van der Waals surface area (Å²) in [6.45, 7) is 4.96. The molecule has 0 N–H and O–H groups in total. The maximum atomic E-state index is 13.5. The first-order chi connectivity index (χ1) is 12.4. The van der Waals surface area contributed by atoms with Crippen molar-refractivity contribution >= 4 is 11.7 Å². The summed E-state index contributed by atoms with van der Waals surface area (Å²) in [7, 11) is 3.10. The lowest BCUT2D eigenvalue weighted by atomic mass is 9.80. The van der Waals surface area contributed by atoms with Crippen LogP contribution in [-0.2, 0) is 24.0 Å². The predicted molar refractivity (Wildman–Crippen MR) is 94.0 cm³/mol. The summed E-state index contributed by atoms with van der Waals surface area (Å²) in [5, 5.41) is 3.07. The molecule has 26 heavy (non-hydrogen) atoms. The number of piperidine rings is 1. The largest absolute Gasteiger partial charge is 0.356 e. The summed E-state index contributed by atoms with van der Waals surface area (Å²) in [6, 6.07) is 5.81. The zero-order valence-corrected chi connectivity index (χ0v) is 15.8. The molecule has 0 aromatic heterocycles. The van der Waals surface area contributed by atoms with Crippen LogP contribution in [0, 0.1) is 13.8 Å². The van der Waals surface area contributed by atoms with Crippen LogP contribution in [0.15, 0.2) is 18.2 Å². The number of carbonyl (C=O) groups is 2. The van der Waals surface area contributed by atoms with Gasteiger partial charge in [-0.15, -0.1) is 0 Å². The first kappa shape index (κ1) is 19.0. The zero-order chi connectivity index (χ0) is 18.9. The number of Topliss-reactive ketones (excluding diaryl/α,β-unsaturated/α-hetero) is 1. The van der Waals surface area contributed by atoms with E-state index in [-0.39, 0.29) is 18.5 Å². The molecule has 142 valence electrons. The molecular formula is C19H26N2O5. The highest BCUT2D eigenvalue weighted by molar-refractivity contribution is 6.17. The van der Waals surface area contributed by atoms with Gasteiger partial charge in [-0.25, -0.2) is 9.90 Å². The number of rotatable bonds is 5. The molecule has 1 atom stereocenters. The minimum Gasteiger partial charge on any atom is -0.356 e. The van der Waals surface area contributed by atoms with Crippen molar-refractivity contribution in [3.8, 4) is 0 Å². The minimum atomic E-state index is -0.966. The number of carbonyl (C=O) groups excluding carboxylic acids is 2. The van der Waals surface area contributed by atoms with Gasteiger partial charge < -0.3 is 9.57 Å². The third kappa shape index (κ3) is 3.05. The van der Waals surface area contributed by atoms with Gasteiger partial charge in [0.15, 0.2) is 12.6 Å². The molecule has 1 aromatic rings. The molecule has 3 rings (SSSR count). The van der Waals surface area contributed by atoms with Crippen molar-refractivity contribution in [3.05, 3.63) is 34.9 Å². The lowest BCUT2D eigenvalue weighted by molar-refractivity contribution is -0.256. The topological polar surface area (TPSA) is 68.3 Å². The van der Waals surface area contributed by atoms with Gasteiger partial charge in [-0.3, -0.25) is 9.59 Å². The Kier molecular flexibility index (Phi) is 5.43. The number of ether oxygens (including phenoxy) is 1. The third-order valence-corrected chi connectivity index (χ3v) is 5.40. The molecule has 0 bridgehead atoms. The molecule has 2 heterocycles. The predicted octanol–water partition coefficient (Wildman–Crippen LogP) is 1.73. The number of hydrogen-bond acceptors (Lipinski definition) is 6. The Balaban J connectivity index is 1.98. The first-order valence-corrected chi connectivity index (χ1v) is 8.81. The van der Waals surface area contributed by atoms with Gasteiger partial charge >= 0.3 is 0 Å². The summed E-state index contributed by atoms with van der Waals surface area (Å²) < 4.78 is 4.98. The highest BCUT2D eigenvalue weighted by Gasteiger charge is 2.60. The van der Waals surface area contributed by atoms with E-state index in [2.05, 4.69) is 0 Å². The van der Waals surface area contributed by atoms with E-state index in [0.717, 1.165) is 16.7 Å². The number of hydroxylamine groups is 4. The van der Waals surface area contributed by atoms with Crippen molar-refractivity contribution in [1.82, 2.24) is 10.1 Å². The first-order valence-electron chi connectivity index (χ1n) is 8.81. The van der Waals surface area contributed by atoms with Crippen molar-refractivity contribution in [3.63, 3.8) is 0 Å². The monoisotopic (exact) mass is 362 g/mol. The summed E-state index contributed by atoms with van der Waals surface area (Å²) in [5.41, 5.74) is 1.82. The molecule has 0 radical (unpaired) electrons. The van der Waals surface area contributed by atoms with Crippen LogP contribution < -0.4 is 0 Å². The summed E-state index contributed by atoms with van der Waals surface area (Å²) >= 11 is 0. The smallest absolute Gasteiger partial charge is 0.262 e. The summed E-state index contributed by atoms with van der Waals surface area (Å²) in [5.74, 6) is -1.24. The second-order valence-corrected chi connectivity index (χ2v) is 6.97. The average molecular weight is 362 g/mol. The Morgan fingerprint density at radius 1 is 1.15 bits per heavy atom. The number of ketones is 1. The second kappa shape index (κ2) is 7.44. The zero-order valence-electron chi connectivity index (χ0n) is 15.8. The molecule has 7 heteroatoms. The van der Waals surface area contributed by atoms with Crippen LogP contribution in [0.1, 0.15) is 35.4 Å². The Hall–Kier alpha value is -1.80. The van der Waals surface area contributed by atoms with E-state index in [4.69, 9.17) is 14.4 Å². The van der Waals surface area contributed by atoms with Gasteiger partial charge in [-0.05, 0) is 37.8 Å². The Bertz CT molecular complexity index is 697. The molecule has 2 fully saturated rings. The molecular weight excluding hydrogens is 336 g/mol. The minimum absolute atomic E-state index is 0.0750. The van der Waals surface area contributed by atoms with Crippen LogP contribution in [0.25, 0.3) is 0 Å². The van der Waals surface area contributed by atoms with Crippen LogP contribution in [0.3, 0.4) is 0 Å². The fourth-order valence-electron chi connectivity index (χ4n) is 4.01. The van der Waals surface area contributed by atoms with Crippen LogP contribution in [0.4, 0.5) is 0 Å². The van der Waals surface area contributed by atoms with Gasteiger partial charge in [-0.2, -0.15) is 5.06 Å². The van der Waals surface area contributed by atoms with Crippen LogP contribution >= 0.6 is 0 Å². The Labute approximate surface area is 153 Å². The van der Waals surface area contributed by atoms with Crippen LogP contribution in [0.2, 0.25) is 0 Å². The maximum absolute atomic E-state index is 13.5.